The van der Waals surface area contributed by atoms with Crippen LogP contribution in [0.5, 0.6) is 0 Å². The summed E-state index contributed by atoms with van der Waals surface area (Å²) in [4.78, 5) is 0. The van der Waals surface area contributed by atoms with Crippen LogP contribution in [-0.4, -0.2) is 0 Å². The van der Waals surface area contributed by atoms with Crippen LogP contribution in [0.1, 0.15) is 39.5 Å². The Morgan fingerprint density at radius 2 is 2.00 bits per heavy atom. The van der Waals surface area contributed by atoms with Crippen molar-refractivity contribution in [3.05, 3.63) is 20.5 Å². The molecule has 0 N–H and O–H groups in total. The SMILES string of the molecule is CCCCC1=CC[C]([Zr+2])=C1C.[Cl-].[Cl-]. The summed E-state index contributed by atoms with van der Waals surface area (Å²) in [5.41, 5.74) is 3.22. The summed E-state index contributed by atoms with van der Waals surface area (Å²) >= 11 is 1.61. The molecule has 1 aliphatic rings. The molecule has 0 aromatic carbocycles. The molecule has 0 saturated heterocycles. The molecule has 0 saturated carbocycles. The Labute approximate surface area is 109 Å². The number of allylic oxidation sites excluding steroid dienone is 4. The van der Waals surface area contributed by atoms with E-state index in [1.54, 1.807) is 39.1 Å². The number of unbranched alkanes of at least 4 members (excludes halogenated alkanes) is 1. The van der Waals surface area contributed by atoms with Crippen molar-refractivity contribution in [3.8, 4) is 0 Å². The molecule has 0 aromatic rings. The zero-order chi connectivity index (χ0) is 8.27. The van der Waals surface area contributed by atoms with E-state index in [0.29, 0.717) is 0 Å². The van der Waals surface area contributed by atoms with E-state index < -0.39 is 0 Å². The maximum absolute atomic E-state index is 2.41. The van der Waals surface area contributed by atoms with Crippen molar-refractivity contribution in [1.29, 1.82) is 0 Å². The summed E-state index contributed by atoms with van der Waals surface area (Å²) < 4.78 is 1.66. The van der Waals surface area contributed by atoms with E-state index in [-0.39, 0.29) is 24.8 Å². The molecule has 0 heterocycles. The normalized spacial score (nSPS) is 14.9. The third-order valence-corrected chi connectivity index (χ3v) is 3.71. The third-order valence-electron chi connectivity index (χ3n) is 2.29. The van der Waals surface area contributed by atoms with Crippen molar-refractivity contribution >= 4 is 0 Å². The van der Waals surface area contributed by atoms with Crippen LogP contribution < -0.4 is 24.8 Å². The van der Waals surface area contributed by atoms with Gasteiger partial charge in [-0.1, -0.05) is 0 Å². The van der Waals surface area contributed by atoms with Crippen LogP contribution in [0, 0.1) is 0 Å². The first-order chi connectivity index (χ1) is 5.25. The smallest absolute Gasteiger partial charge is 1.00 e. The van der Waals surface area contributed by atoms with Gasteiger partial charge in [-0.2, -0.15) is 0 Å². The van der Waals surface area contributed by atoms with Crippen LogP contribution in [0.3, 0.4) is 0 Å². The average molecular weight is 297 g/mol. The minimum Gasteiger partial charge on any atom is -1.00 e. The summed E-state index contributed by atoms with van der Waals surface area (Å²) in [6.45, 7) is 4.53. The van der Waals surface area contributed by atoms with Gasteiger partial charge in [-0.15, -0.1) is 0 Å². The summed E-state index contributed by atoms with van der Waals surface area (Å²) in [6, 6.07) is 0. The Morgan fingerprint density at radius 3 is 2.38 bits per heavy atom. The second-order valence-electron chi connectivity index (χ2n) is 3.14. The molecule has 0 nitrogen and oxygen atoms in total. The van der Waals surface area contributed by atoms with Gasteiger partial charge in [0.2, 0.25) is 0 Å². The van der Waals surface area contributed by atoms with Crippen molar-refractivity contribution in [2.75, 3.05) is 0 Å². The van der Waals surface area contributed by atoms with E-state index in [1.165, 1.54) is 25.7 Å². The van der Waals surface area contributed by atoms with Gasteiger partial charge >= 0.3 is 84.8 Å². The van der Waals surface area contributed by atoms with Crippen molar-refractivity contribution in [3.63, 3.8) is 0 Å². The molecule has 73 valence electrons. The molecule has 13 heavy (non-hydrogen) atoms. The monoisotopic (exact) mass is 295 g/mol. The molecule has 1 aliphatic carbocycles. The van der Waals surface area contributed by atoms with E-state index in [0.717, 1.165) is 0 Å². The molecule has 0 spiro atoms. The van der Waals surface area contributed by atoms with E-state index in [2.05, 4.69) is 19.9 Å². The molecular formula is C10H15Cl2Zr. The van der Waals surface area contributed by atoms with E-state index >= 15 is 0 Å². The first kappa shape index (κ1) is 16.4. The second-order valence-corrected chi connectivity index (χ2v) is 4.62. The van der Waals surface area contributed by atoms with Crippen LogP contribution in [0.4, 0.5) is 0 Å². The Kier molecular flexibility index (Phi) is 10.4. The molecule has 0 bridgehead atoms. The van der Waals surface area contributed by atoms with Gasteiger partial charge in [-0.25, -0.2) is 0 Å². The van der Waals surface area contributed by atoms with Gasteiger partial charge in [0.25, 0.3) is 0 Å². The predicted octanol–water partition coefficient (Wildman–Crippen LogP) is -2.66. The first-order valence-electron chi connectivity index (χ1n) is 4.36. The standard InChI is InChI=1S/C10H15.2ClH.Zr/c1-3-4-7-10-8-5-6-9(10)2;;;/h8H,3-5,7H2,1-2H3;2*1H;/q;;;+2/p-2. The molecule has 0 aliphatic heterocycles. The summed E-state index contributed by atoms with van der Waals surface area (Å²) in [5, 5.41) is 0. The maximum atomic E-state index is 2.41. The zero-order valence-corrected chi connectivity index (χ0v) is 12.1. The number of hydrogen-bond donors (Lipinski definition) is 0. The summed E-state index contributed by atoms with van der Waals surface area (Å²) in [6.07, 6.45) is 7.63. The summed E-state index contributed by atoms with van der Waals surface area (Å²) in [5.74, 6) is 0. The van der Waals surface area contributed by atoms with Crippen LogP contribution in [0.2, 0.25) is 0 Å². The van der Waals surface area contributed by atoms with Gasteiger partial charge in [0, 0.05) is 0 Å². The van der Waals surface area contributed by atoms with Gasteiger partial charge < -0.3 is 24.8 Å². The molecule has 0 radical (unpaired) electrons. The van der Waals surface area contributed by atoms with Crippen molar-refractivity contribution < 1.29 is 49.5 Å². The molecule has 0 amide bonds. The van der Waals surface area contributed by atoms with Gasteiger partial charge in [0.1, 0.15) is 0 Å². The Balaban J connectivity index is 0. The first-order valence-corrected chi connectivity index (χ1v) is 5.59. The van der Waals surface area contributed by atoms with Crippen molar-refractivity contribution in [2.45, 2.75) is 39.5 Å². The number of hydrogen-bond acceptors (Lipinski definition) is 0. The Hall–Kier alpha value is 0.943. The molecule has 0 aromatic heterocycles. The molecular weight excluding hydrogens is 282 g/mol. The average Bonchev–Trinajstić information content (AvgIpc) is 2.31. The van der Waals surface area contributed by atoms with Crippen molar-refractivity contribution in [1.82, 2.24) is 0 Å². The third kappa shape index (κ3) is 4.81. The predicted molar refractivity (Wildman–Crippen MR) is 44.9 cm³/mol. The van der Waals surface area contributed by atoms with Crippen molar-refractivity contribution in [2.24, 2.45) is 0 Å². The molecule has 0 atom stereocenters. The van der Waals surface area contributed by atoms with Gasteiger partial charge in [0.15, 0.2) is 0 Å². The van der Waals surface area contributed by atoms with Crippen LogP contribution >= 0.6 is 0 Å². The topological polar surface area (TPSA) is 0 Å². The second kappa shape index (κ2) is 8.27. The van der Waals surface area contributed by atoms with E-state index in [9.17, 15) is 0 Å². The quantitative estimate of drug-likeness (QED) is 0.533. The molecule has 0 fully saturated rings. The zero-order valence-electron chi connectivity index (χ0n) is 8.16. The maximum Gasteiger partial charge on any atom is -1.00 e. The fourth-order valence-corrected chi connectivity index (χ4v) is 2.03. The largest absolute Gasteiger partial charge is 1.00 e. The van der Waals surface area contributed by atoms with E-state index in [1.807, 2.05) is 0 Å². The minimum absolute atomic E-state index is 0. The summed E-state index contributed by atoms with van der Waals surface area (Å²) in [7, 11) is 0. The van der Waals surface area contributed by atoms with Crippen LogP contribution in [0.15, 0.2) is 20.5 Å². The number of rotatable bonds is 3. The Bertz CT molecular complexity index is 207. The van der Waals surface area contributed by atoms with Crippen LogP contribution in [0.25, 0.3) is 0 Å². The molecule has 3 heteroatoms. The van der Waals surface area contributed by atoms with Crippen LogP contribution in [-0.2, 0) is 24.7 Å². The fraction of sp³-hybridized carbons (Fsp3) is 0.600. The van der Waals surface area contributed by atoms with Gasteiger partial charge in [-0.05, 0) is 0 Å². The molecule has 1 rings (SSSR count). The minimum atomic E-state index is 0. The van der Waals surface area contributed by atoms with Gasteiger partial charge in [0.05, 0.1) is 0 Å². The van der Waals surface area contributed by atoms with Gasteiger partial charge in [-0.3, -0.25) is 0 Å². The fourth-order valence-electron chi connectivity index (χ4n) is 1.38. The number of halogens is 2. The molecule has 0 unspecified atom stereocenters. The Morgan fingerprint density at radius 1 is 1.38 bits per heavy atom. The van der Waals surface area contributed by atoms with E-state index in [4.69, 9.17) is 0 Å².